The second-order valence-corrected chi connectivity index (χ2v) is 12.3. The van der Waals surface area contributed by atoms with Crippen LogP contribution < -0.4 is 14.8 Å². The summed E-state index contributed by atoms with van der Waals surface area (Å²) in [4.78, 5) is 58.9. The Bertz CT molecular complexity index is 2120. The van der Waals surface area contributed by atoms with Gasteiger partial charge in [0.2, 0.25) is 0 Å². The third-order valence-electron chi connectivity index (χ3n) is 8.95. The molecule has 52 heavy (non-hydrogen) atoms. The van der Waals surface area contributed by atoms with Gasteiger partial charge in [-0.3, -0.25) is 25.0 Å². The van der Waals surface area contributed by atoms with Crippen LogP contribution in [-0.4, -0.2) is 58.0 Å². The lowest BCUT2D eigenvalue weighted by Gasteiger charge is -2.30. The van der Waals surface area contributed by atoms with Gasteiger partial charge in [-0.2, -0.15) is 5.01 Å². The zero-order valence-electron chi connectivity index (χ0n) is 29.0. The molecule has 0 bridgehead atoms. The van der Waals surface area contributed by atoms with E-state index in [0.717, 1.165) is 34.9 Å². The number of nitrogens with zero attached hydrogens (tertiary/aromatic N) is 5. The molecule has 0 fully saturated rings. The van der Waals surface area contributed by atoms with Gasteiger partial charge in [-0.25, -0.2) is 19.6 Å². The van der Waals surface area contributed by atoms with E-state index in [4.69, 9.17) is 10.2 Å². The van der Waals surface area contributed by atoms with Crippen molar-refractivity contribution in [2.75, 3.05) is 27.9 Å². The third kappa shape index (κ3) is 6.73. The van der Waals surface area contributed by atoms with E-state index in [2.05, 4.69) is 33.6 Å². The van der Waals surface area contributed by atoms with Crippen molar-refractivity contribution in [3.05, 3.63) is 124 Å². The van der Waals surface area contributed by atoms with Crippen LogP contribution in [0.1, 0.15) is 52.0 Å². The Kier molecular flexibility index (Phi) is 10.4. The number of hydrogen-bond acceptors (Lipinski definition) is 10. The average Bonchev–Trinajstić information content (AvgIpc) is 3.47. The van der Waals surface area contributed by atoms with E-state index >= 15 is 4.79 Å². The number of anilines is 3. The second-order valence-electron chi connectivity index (χ2n) is 12.3. The summed E-state index contributed by atoms with van der Waals surface area (Å²) >= 11 is 0. The van der Waals surface area contributed by atoms with Crippen molar-refractivity contribution < 1.29 is 39.8 Å². The molecule has 0 aromatic heterocycles. The van der Waals surface area contributed by atoms with Gasteiger partial charge in [0, 0.05) is 24.4 Å². The third-order valence-corrected chi connectivity index (χ3v) is 8.95. The van der Waals surface area contributed by atoms with Gasteiger partial charge >= 0.3 is 5.97 Å². The van der Waals surface area contributed by atoms with E-state index < -0.39 is 17.8 Å². The Morgan fingerprint density at radius 2 is 1.42 bits per heavy atom. The number of amidine groups is 1. The van der Waals surface area contributed by atoms with Gasteiger partial charge < -0.3 is 10.0 Å². The number of hydrogen-bond donors (Lipinski definition) is 3. The van der Waals surface area contributed by atoms with Gasteiger partial charge in [-0.1, -0.05) is 42.5 Å². The number of aromatic carboxylic acids is 1. The van der Waals surface area contributed by atoms with Crippen molar-refractivity contribution in [2.24, 2.45) is 10.1 Å². The molecule has 0 spiro atoms. The van der Waals surface area contributed by atoms with Gasteiger partial charge in [0.15, 0.2) is 5.84 Å². The average molecular weight is 704 g/mol. The fourth-order valence-electron chi connectivity index (χ4n) is 6.48. The quantitative estimate of drug-likeness (QED) is 0.107. The fraction of sp³-hybridized carbons (Fsp3) is 0.205. The molecule has 2 amide bonds. The number of benzene rings is 4. The summed E-state index contributed by atoms with van der Waals surface area (Å²) in [6.07, 6.45) is 0. The van der Waals surface area contributed by atoms with Crippen LogP contribution in [0.25, 0.3) is 5.57 Å². The van der Waals surface area contributed by atoms with Crippen LogP contribution in [0.3, 0.4) is 0 Å². The molecule has 2 heterocycles. The summed E-state index contributed by atoms with van der Waals surface area (Å²) in [6, 6.07) is 23.7. The maximum atomic E-state index is 15.0. The highest BCUT2D eigenvalue weighted by Gasteiger charge is 2.47. The van der Waals surface area contributed by atoms with E-state index in [9.17, 15) is 20.0 Å². The van der Waals surface area contributed by atoms with Crippen LogP contribution in [0.5, 0.6) is 0 Å². The highest BCUT2D eigenvalue weighted by Crippen LogP contribution is 2.40. The second kappa shape index (κ2) is 15.1. The molecule has 0 saturated carbocycles. The van der Waals surface area contributed by atoms with Crippen LogP contribution in [0.4, 0.5) is 22.7 Å². The summed E-state index contributed by atoms with van der Waals surface area (Å²) in [7, 11) is 0. The molecule has 6 rings (SSSR count). The molecule has 2 aliphatic heterocycles. The number of carbonyl (C=O) groups excluding carboxylic acids is 2. The first-order valence-corrected chi connectivity index (χ1v) is 16.6. The lowest BCUT2D eigenvalue weighted by atomic mass is 9.89. The van der Waals surface area contributed by atoms with Crippen molar-refractivity contribution in [3.63, 3.8) is 0 Å². The number of amides is 2. The van der Waals surface area contributed by atoms with E-state index in [1.807, 2.05) is 32.0 Å². The lowest BCUT2D eigenvalue weighted by Crippen LogP contribution is -2.47. The number of carboxylic acids is 1. The van der Waals surface area contributed by atoms with Gasteiger partial charge in [0.05, 0.1) is 28.2 Å². The molecule has 0 atom stereocenters. The summed E-state index contributed by atoms with van der Waals surface area (Å²) in [5.74, 6) is -2.53. The predicted octanol–water partition coefficient (Wildman–Crippen LogP) is 6.76. The normalized spacial score (nSPS) is 15.0. The van der Waals surface area contributed by atoms with E-state index in [1.54, 1.807) is 48.5 Å². The molecule has 13 heteroatoms. The summed E-state index contributed by atoms with van der Waals surface area (Å²) in [6.45, 7) is 9.15. The fourth-order valence-corrected chi connectivity index (χ4v) is 6.48. The van der Waals surface area contributed by atoms with E-state index in [1.165, 1.54) is 23.1 Å². The monoisotopic (exact) mass is 703 g/mol. The van der Waals surface area contributed by atoms with Crippen LogP contribution in [0.2, 0.25) is 0 Å². The molecule has 0 unspecified atom stereocenters. The minimum atomic E-state index is -1.28. The van der Waals surface area contributed by atoms with Crippen LogP contribution in [0.15, 0.2) is 101 Å². The van der Waals surface area contributed by atoms with Crippen molar-refractivity contribution >= 4 is 57.7 Å². The Hall–Kier alpha value is -5.99. The standard InChI is InChI=1S/C39H37N5O8/c1-5-42(6-2)30-16-23(3)34(24(4)17-30)40-35-32(27-10-8-7-9-11-27)33-36(41-44(37(33)45)29-14-12-25(13-15-29)21-51-49)43(38(35)46)31-19-26(22-52-50)18-28(20-31)39(47)48/h7-20,49-50H,5-6,21-22H2,1-4H3,(H,47,48). The molecule has 266 valence electrons. The van der Waals surface area contributed by atoms with E-state index in [0.29, 0.717) is 22.5 Å². The van der Waals surface area contributed by atoms with Gasteiger partial charge in [-0.05, 0) is 98.0 Å². The highest BCUT2D eigenvalue weighted by molar-refractivity contribution is 6.69. The maximum absolute atomic E-state index is 15.0. The SMILES string of the molecule is CCN(CC)c1cc(C)c(N=C2C(=O)N(c3cc(COO)cc(C(=O)O)c3)C3=NN(c4ccc(COO)cc4)C(=O)C3=C2c2ccccc2)c(C)c1. The zero-order valence-corrected chi connectivity index (χ0v) is 29.0. The zero-order chi connectivity index (χ0) is 37.1. The molecule has 2 aliphatic rings. The van der Waals surface area contributed by atoms with Crippen molar-refractivity contribution in [2.45, 2.75) is 40.9 Å². The van der Waals surface area contributed by atoms with Crippen LogP contribution in [-0.2, 0) is 32.6 Å². The molecule has 4 aromatic carbocycles. The number of carbonyl (C=O) groups is 3. The van der Waals surface area contributed by atoms with Crippen molar-refractivity contribution in [1.82, 2.24) is 0 Å². The number of carboxylic acid groups (broad SMARTS) is 1. The van der Waals surface area contributed by atoms with Gasteiger partial charge in [0.1, 0.15) is 18.9 Å². The molecule has 0 radical (unpaired) electrons. The Labute approximate surface area is 299 Å². The molecule has 0 aliphatic carbocycles. The van der Waals surface area contributed by atoms with Crippen molar-refractivity contribution in [1.29, 1.82) is 0 Å². The van der Waals surface area contributed by atoms with Gasteiger partial charge in [-0.15, -0.1) is 5.10 Å². The first kappa shape index (κ1) is 35.8. The Morgan fingerprint density at radius 3 is 2.02 bits per heavy atom. The first-order valence-electron chi connectivity index (χ1n) is 16.6. The minimum Gasteiger partial charge on any atom is -0.478 e. The molecule has 0 saturated heterocycles. The number of aliphatic imine (C=N–C) groups is 1. The number of aryl methyl sites for hydroxylation is 2. The topological polar surface area (TPSA) is 165 Å². The molecule has 4 aromatic rings. The predicted molar refractivity (Wildman–Crippen MR) is 197 cm³/mol. The Balaban J connectivity index is 1.65. The number of rotatable bonds is 12. The maximum Gasteiger partial charge on any atom is 0.335 e. The Morgan fingerprint density at radius 1 is 0.788 bits per heavy atom. The van der Waals surface area contributed by atoms with E-state index in [-0.39, 0.29) is 52.7 Å². The smallest absolute Gasteiger partial charge is 0.335 e. The largest absolute Gasteiger partial charge is 0.478 e. The highest BCUT2D eigenvalue weighted by atomic mass is 17.1. The molecular formula is C39H37N5O8. The first-order chi connectivity index (χ1) is 25.1. The summed E-state index contributed by atoms with van der Waals surface area (Å²) in [5, 5.41) is 34.0. The minimum absolute atomic E-state index is 0.0423. The molecular weight excluding hydrogens is 666 g/mol. The van der Waals surface area contributed by atoms with Gasteiger partial charge in [0.25, 0.3) is 11.8 Å². The summed E-state index contributed by atoms with van der Waals surface area (Å²) < 4.78 is 0. The lowest BCUT2D eigenvalue weighted by molar-refractivity contribution is -0.253. The number of fused-ring (bicyclic) bond motifs is 1. The van der Waals surface area contributed by atoms with Crippen LogP contribution in [0, 0.1) is 13.8 Å². The number of hydrazone groups is 1. The van der Waals surface area contributed by atoms with Crippen LogP contribution >= 0.6 is 0 Å². The summed E-state index contributed by atoms with van der Waals surface area (Å²) in [5.41, 5.74) is 5.17. The van der Waals surface area contributed by atoms with Crippen molar-refractivity contribution in [3.8, 4) is 0 Å². The molecule has 13 nitrogen and oxygen atoms in total. The molecule has 3 N–H and O–H groups in total.